The van der Waals surface area contributed by atoms with Gasteiger partial charge < -0.3 is 20.1 Å². The first-order valence-electron chi connectivity index (χ1n) is 9.85. The third-order valence-electron chi connectivity index (χ3n) is 5.47. The Morgan fingerprint density at radius 3 is 2.33 bits per heavy atom. The zero-order valence-electron chi connectivity index (χ0n) is 17.3. The Hall–Kier alpha value is -0.380. The van der Waals surface area contributed by atoms with Crippen molar-refractivity contribution in [2.45, 2.75) is 43.7 Å². The fourth-order valence-electron chi connectivity index (χ4n) is 3.48. The number of hydrogen-bond donors (Lipinski definition) is 2. The number of piperidine rings is 1. The second-order valence-electron chi connectivity index (χ2n) is 7.37. The first-order valence-corrected chi connectivity index (χ1v) is 11.3. The van der Waals surface area contributed by atoms with Gasteiger partial charge >= 0.3 is 15.5 Å². The molecule has 0 saturated carbocycles. The zero-order valence-corrected chi connectivity index (χ0v) is 20.5. The summed E-state index contributed by atoms with van der Waals surface area (Å²) >= 11 is 0. The number of hydrogen-bond acceptors (Lipinski definition) is 5. The van der Waals surface area contributed by atoms with Gasteiger partial charge in [0.05, 0.1) is 12.1 Å². The van der Waals surface area contributed by atoms with Gasteiger partial charge in [-0.15, -0.1) is 24.0 Å². The summed E-state index contributed by atoms with van der Waals surface area (Å²) in [6.07, 6.45) is 2.25. The van der Waals surface area contributed by atoms with Gasteiger partial charge in [-0.05, 0) is 25.7 Å². The summed E-state index contributed by atoms with van der Waals surface area (Å²) in [6, 6.07) is 0. The maximum absolute atomic E-state index is 12.7. The van der Waals surface area contributed by atoms with E-state index < -0.39 is 15.5 Å². The van der Waals surface area contributed by atoms with E-state index in [-0.39, 0.29) is 48.6 Å². The van der Waals surface area contributed by atoms with Gasteiger partial charge in [-0.1, -0.05) is 0 Å². The Balaban J connectivity index is 0.00000450. The average molecular weight is 572 g/mol. The summed E-state index contributed by atoms with van der Waals surface area (Å²) in [7, 11) is -3.57. The van der Waals surface area contributed by atoms with Gasteiger partial charge in [0.25, 0.3) is 0 Å². The van der Waals surface area contributed by atoms with Crippen molar-refractivity contribution in [1.29, 1.82) is 0 Å². The van der Waals surface area contributed by atoms with Crippen LogP contribution >= 0.6 is 24.0 Å². The predicted octanol–water partition coefficient (Wildman–Crippen LogP) is 1.92. The summed E-state index contributed by atoms with van der Waals surface area (Å²) in [5.41, 5.74) is -5.59. The highest BCUT2D eigenvalue weighted by Gasteiger charge is 2.50. The molecule has 0 aromatic heterocycles. The van der Waals surface area contributed by atoms with Crippen LogP contribution in [0.25, 0.3) is 0 Å². The highest BCUT2D eigenvalue weighted by atomic mass is 127. The number of alkyl halides is 3. The first kappa shape index (κ1) is 27.7. The molecule has 8 nitrogen and oxygen atoms in total. The van der Waals surface area contributed by atoms with E-state index in [1.807, 2.05) is 6.92 Å². The molecule has 2 aliphatic rings. The fourth-order valence-corrected chi connectivity index (χ4v) is 4.46. The van der Waals surface area contributed by atoms with Crippen molar-refractivity contribution in [3.63, 3.8) is 0 Å². The molecule has 178 valence electrons. The molecule has 0 aromatic carbocycles. The standard InChI is InChI=1S/C17H31F3N4O4S.HI/c1-3-21-15(23-13-16(27-2)6-10-28-11-7-16)22-12-14-4-8-24(9-5-14)29(25,26)17(18,19)20;/h14H,3-13H2,1-2H3,(H2,21,22,23);1H. The summed E-state index contributed by atoms with van der Waals surface area (Å²) in [5, 5.41) is 6.37. The van der Waals surface area contributed by atoms with E-state index in [0.717, 1.165) is 12.8 Å². The Labute approximate surface area is 193 Å². The molecule has 0 radical (unpaired) electrons. The van der Waals surface area contributed by atoms with Crippen LogP contribution in [0.1, 0.15) is 32.6 Å². The Morgan fingerprint density at radius 2 is 1.83 bits per heavy atom. The van der Waals surface area contributed by atoms with Crippen molar-refractivity contribution < 1.29 is 31.1 Å². The van der Waals surface area contributed by atoms with Crippen LogP contribution in [0.5, 0.6) is 0 Å². The lowest BCUT2D eigenvalue weighted by Gasteiger charge is -2.34. The lowest BCUT2D eigenvalue weighted by molar-refractivity contribution is -0.0828. The highest BCUT2D eigenvalue weighted by Crippen LogP contribution is 2.30. The van der Waals surface area contributed by atoms with Gasteiger partial charge in [0.1, 0.15) is 0 Å². The van der Waals surface area contributed by atoms with Crippen LogP contribution in [0.15, 0.2) is 4.99 Å². The lowest BCUT2D eigenvalue weighted by Crippen LogP contribution is -2.47. The van der Waals surface area contributed by atoms with Crippen molar-refractivity contribution in [3.8, 4) is 0 Å². The molecule has 0 unspecified atom stereocenters. The molecule has 13 heteroatoms. The van der Waals surface area contributed by atoms with Gasteiger partial charge in [0, 0.05) is 59.3 Å². The minimum Gasteiger partial charge on any atom is -0.381 e. The Kier molecular flexibility index (Phi) is 11.1. The number of methoxy groups -OCH3 is 1. The monoisotopic (exact) mass is 572 g/mol. The third-order valence-corrected chi connectivity index (χ3v) is 7.10. The van der Waals surface area contributed by atoms with Crippen LogP contribution in [0.4, 0.5) is 13.2 Å². The summed E-state index contributed by atoms with van der Waals surface area (Å²) < 4.78 is 72.6. The van der Waals surface area contributed by atoms with Gasteiger partial charge in [0.2, 0.25) is 0 Å². The SMILES string of the molecule is CCNC(=NCC1(OC)CCOCC1)NCC1CCN(S(=O)(=O)C(F)(F)F)CC1.I. The summed E-state index contributed by atoms with van der Waals surface area (Å²) in [6.45, 7) is 4.59. The van der Waals surface area contributed by atoms with E-state index in [0.29, 0.717) is 56.0 Å². The molecule has 30 heavy (non-hydrogen) atoms. The van der Waals surface area contributed by atoms with E-state index in [1.165, 1.54) is 0 Å². The molecule has 0 spiro atoms. The van der Waals surface area contributed by atoms with Gasteiger partial charge in [0.15, 0.2) is 5.96 Å². The van der Waals surface area contributed by atoms with Crippen molar-refractivity contribution in [2.24, 2.45) is 10.9 Å². The molecule has 0 bridgehead atoms. The van der Waals surface area contributed by atoms with Crippen molar-refractivity contribution >= 4 is 40.0 Å². The van der Waals surface area contributed by atoms with E-state index in [2.05, 4.69) is 15.6 Å². The fraction of sp³-hybridized carbons (Fsp3) is 0.941. The van der Waals surface area contributed by atoms with E-state index >= 15 is 0 Å². The Morgan fingerprint density at radius 1 is 1.23 bits per heavy atom. The van der Waals surface area contributed by atoms with Gasteiger partial charge in [-0.25, -0.2) is 8.42 Å². The molecular weight excluding hydrogens is 540 g/mol. The summed E-state index contributed by atoms with van der Waals surface area (Å²) in [5.74, 6) is 0.679. The molecule has 2 fully saturated rings. The van der Waals surface area contributed by atoms with Crippen LogP contribution in [-0.2, 0) is 19.5 Å². The smallest absolute Gasteiger partial charge is 0.381 e. The van der Waals surface area contributed by atoms with Crippen LogP contribution in [0, 0.1) is 5.92 Å². The van der Waals surface area contributed by atoms with Crippen molar-refractivity contribution in [1.82, 2.24) is 14.9 Å². The number of rotatable bonds is 7. The number of sulfonamides is 1. The van der Waals surface area contributed by atoms with Crippen LogP contribution in [0.2, 0.25) is 0 Å². The van der Waals surface area contributed by atoms with E-state index in [1.54, 1.807) is 7.11 Å². The molecule has 0 amide bonds. The number of nitrogens with one attached hydrogen (secondary N) is 2. The normalized spacial score (nSPS) is 21.7. The molecule has 2 rings (SSSR count). The second kappa shape index (κ2) is 12.0. The average Bonchev–Trinajstić information content (AvgIpc) is 2.70. The maximum Gasteiger partial charge on any atom is 0.511 e. The molecule has 0 aromatic rings. The first-order chi connectivity index (χ1) is 13.6. The molecule has 2 heterocycles. The largest absolute Gasteiger partial charge is 0.511 e. The zero-order chi connectivity index (χ0) is 21.5. The topological polar surface area (TPSA) is 92.3 Å². The number of halogens is 4. The van der Waals surface area contributed by atoms with Crippen LogP contribution in [0.3, 0.4) is 0 Å². The lowest BCUT2D eigenvalue weighted by atomic mass is 9.94. The number of ether oxygens (including phenoxy) is 2. The van der Waals surface area contributed by atoms with E-state index in [4.69, 9.17) is 9.47 Å². The van der Waals surface area contributed by atoms with Crippen LogP contribution in [-0.4, -0.2) is 82.8 Å². The minimum absolute atomic E-state index is 0. The Bertz CT molecular complexity index is 650. The third kappa shape index (κ3) is 7.35. The van der Waals surface area contributed by atoms with Gasteiger partial charge in [-0.2, -0.15) is 17.5 Å². The van der Waals surface area contributed by atoms with Crippen molar-refractivity contribution in [3.05, 3.63) is 0 Å². The molecule has 2 N–H and O–H groups in total. The van der Waals surface area contributed by atoms with Crippen molar-refractivity contribution in [2.75, 3.05) is 53.0 Å². The molecule has 0 atom stereocenters. The van der Waals surface area contributed by atoms with Crippen LogP contribution < -0.4 is 10.6 Å². The molecular formula is C17H32F3IN4O4S. The highest BCUT2D eigenvalue weighted by molar-refractivity contribution is 14.0. The number of aliphatic imine (C=N–C) groups is 1. The predicted molar refractivity (Wildman–Crippen MR) is 118 cm³/mol. The van der Waals surface area contributed by atoms with Gasteiger partial charge in [-0.3, -0.25) is 4.99 Å². The molecule has 2 aliphatic heterocycles. The number of nitrogens with zero attached hydrogens (tertiary/aromatic N) is 2. The minimum atomic E-state index is -5.25. The quantitative estimate of drug-likeness (QED) is 0.275. The summed E-state index contributed by atoms with van der Waals surface area (Å²) in [4.78, 5) is 4.61. The van der Waals surface area contributed by atoms with E-state index in [9.17, 15) is 21.6 Å². The maximum atomic E-state index is 12.7. The molecule has 0 aliphatic carbocycles. The number of guanidine groups is 1. The second-order valence-corrected chi connectivity index (χ2v) is 9.30. The molecule has 2 saturated heterocycles.